The molecule has 27 heavy (non-hydrogen) atoms. The number of nitrogens with zero attached hydrogens (tertiary/aromatic N) is 5. The van der Waals surface area contributed by atoms with Gasteiger partial charge in [0, 0.05) is 28.9 Å². The summed E-state index contributed by atoms with van der Waals surface area (Å²) in [5, 5.41) is 13.3. The molecule has 5 rings (SSSR count). The molecule has 0 fully saturated rings. The Bertz CT molecular complexity index is 1100. The SMILES string of the molecule is Cc1ccc(N2C=CC3N=NN([C@H](C)c4ccc5ncccc5c4)C3=C2)s1. The average molecular weight is 373 g/mol. The number of thiophene rings is 1. The van der Waals surface area contributed by atoms with Gasteiger partial charge >= 0.3 is 0 Å². The van der Waals surface area contributed by atoms with Gasteiger partial charge in [-0.15, -0.1) is 11.3 Å². The van der Waals surface area contributed by atoms with Gasteiger partial charge in [0.1, 0.15) is 6.04 Å². The Morgan fingerprint density at radius 2 is 2.07 bits per heavy atom. The van der Waals surface area contributed by atoms with E-state index >= 15 is 0 Å². The molecule has 0 bridgehead atoms. The largest absolute Gasteiger partial charge is 0.314 e. The first-order valence-electron chi connectivity index (χ1n) is 8.98. The minimum atomic E-state index is -0.00752. The number of aryl methyl sites for hydroxylation is 1. The highest BCUT2D eigenvalue weighted by Crippen LogP contribution is 2.37. The number of benzene rings is 1. The molecular formula is C21H19N5S. The van der Waals surface area contributed by atoms with E-state index in [1.165, 1.54) is 15.4 Å². The molecule has 1 unspecified atom stereocenters. The van der Waals surface area contributed by atoms with Gasteiger partial charge in [0.2, 0.25) is 0 Å². The number of aromatic nitrogens is 1. The summed E-state index contributed by atoms with van der Waals surface area (Å²) in [7, 11) is 0. The maximum absolute atomic E-state index is 4.47. The predicted molar refractivity (Wildman–Crippen MR) is 109 cm³/mol. The lowest BCUT2D eigenvalue weighted by Crippen LogP contribution is -2.26. The summed E-state index contributed by atoms with van der Waals surface area (Å²) >= 11 is 1.78. The molecule has 2 atom stereocenters. The summed E-state index contributed by atoms with van der Waals surface area (Å²) in [5.74, 6) is 0. The highest BCUT2D eigenvalue weighted by Gasteiger charge is 2.31. The van der Waals surface area contributed by atoms with Gasteiger partial charge in [-0.2, -0.15) is 5.11 Å². The third-order valence-electron chi connectivity index (χ3n) is 5.00. The lowest BCUT2D eigenvalue weighted by atomic mass is 10.0. The van der Waals surface area contributed by atoms with Gasteiger partial charge in [0.25, 0.3) is 0 Å². The van der Waals surface area contributed by atoms with Gasteiger partial charge in [0.05, 0.1) is 22.3 Å². The molecule has 134 valence electrons. The second kappa shape index (κ2) is 6.32. The molecule has 4 heterocycles. The lowest BCUT2D eigenvalue weighted by Gasteiger charge is -2.28. The quantitative estimate of drug-likeness (QED) is 0.601. The summed E-state index contributed by atoms with van der Waals surface area (Å²) in [6.07, 6.45) is 8.15. The van der Waals surface area contributed by atoms with Crippen LogP contribution in [0.5, 0.6) is 0 Å². The molecule has 2 aliphatic rings. The Hall–Kier alpha value is -2.99. The van der Waals surface area contributed by atoms with Crippen molar-refractivity contribution in [1.82, 2.24) is 9.99 Å². The zero-order chi connectivity index (χ0) is 18.4. The Kier molecular flexibility index (Phi) is 3.79. The first-order valence-corrected chi connectivity index (χ1v) is 9.80. The van der Waals surface area contributed by atoms with Gasteiger partial charge in [-0.3, -0.25) is 4.98 Å². The maximum Gasteiger partial charge on any atom is 0.136 e. The minimum absolute atomic E-state index is 0.00752. The Morgan fingerprint density at radius 1 is 1.15 bits per heavy atom. The molecule has 3 aromatic rings. The first-order chi connectivity index (χ1) is 13.2. The summed E-state index contributed by atoms with van der Waals surface area (Å²) in [6.45, 7) is 4.29. The highest BCUT2D eigenvalue weighted by molar-refractivity contribution is 7.16. The van der Waals surface area contributed by atoms with Crippen molar-refractivity contribution in [3.05, 3.63) is 83.3 Å². The number of fused-ring (bicyclic) bond motifs is 2. The molecule has 0 radical (unpaired) electrons. The zero-order valence-electron chi connectivity index (χ0n) is 15.1. The van der Waals surface area contributed by atoms with Crippen LogP contribution < -0.4 is 4.90 Å². The highest BCUT2D eigenvalue weighted by atomic mass is 32.1. The second-order valence-corrected chi connectivity index (χ2v) is 8.08. The molecule has 0 saturated heterocycles. The monoisotopic (exact) mass is 373 g/mol. The lowest BCUT2D eigenvalue weighted by molar-refractivity contribution is 0.290. The summed E-state index contributed by atoms with van der Waals surface area (Å²) < 4.78 is 0. The number of anilines is 1. The van der Waals surface area contributed by atoms with E-state index in [0.29, 0.717) is 0 Å². The maximum atomic E-state index is 4.47. The summed E-state index contributed by atoms with van der Waals surface area (Å²) in [5.41, 5.74) is 3.31. The van der Waals surface area contributed by atoms with E-state index in [1.807, 2.05) is 17.3 Å². The third-order valence-corrected chi connectivity index (χ3v) is 6.01. The van der Waals surface area contributed by atoms with Crippen molar-refractivity contribution in [3.63, 3.8) is 0 Å². The minimum Gasteiger partial charge on any atom is -0.314 e. The molecule has 2 aromatic heterocycles. The van der Waals surface area contributed by atoms with E-state index in [0.717, 1.165) is 16.6 Å². The zero-order valence-corrected chi connectivity index (χ0v) is 16.0. The van der Waals surface area contributed by atoms with Gasteiger partial charge in [-0.25, -0.2) is 5.01 Å². The smallest absolute Gasteiger partial charge is 0.136 e. The molecule has 0 amide bonds. The van der Waals surface area contributed by atoms with E-state index in [-0.39, 0.29) is 12.1 Å². The van der Waals surface area contributed by atoms with Crippen LogP contribution in [0.15, 0.2) is 83.2 Å². The van der Waals surface area contributed by atoms with Crippen molar-refractivity contribution in [2.45, 2.75) is 25.9 Å². The van der Waals surface area contributed by atoms with Crippen LogP contribution in [0.2, 0.25) is 0 Å². The van der Waals surface area contributed by atoms with Crippen molar-refractivity contribution in [2.24, 2.45) is 10.3 Å². The number of hydrogen-bond donors (Lipinski definition) is 0. The Balaban J connectivity index is 1.47. The Morgan fingerprint density at radius 3 is 2.93 bits per heavy atom. The number of hydrogen-bond acceptors (Lipinski definition) is 6. The molecule has 1 aromatic carbocycles. The van der Waals surface area contributed by atoms with Crippen molar-refractivity contribution in [1.29, 1.82) is 0 Å². The van der Waals surface area contributed by atoms with E-state index < -0.39 is 0 Å². The van der Waals surface area contributed by atoms with Crippen LogP contribution in [-0.2, 0) is 0 Å². The number of pyridine rings is 1. The molecule has 0 spiro atoms. The fourth-order valence-electron chi connectivity index (χ4n) is 3.48. The topological polar surface area (TPSA) is 44.1 Å². The third kappa shape index (κ3) is 2.82. The fourth-order valence-corrected chi connectivity index (χ4v) is 4.30. The molecule has 0 aliphatic carbocycles. The molecule has 6 heteroatoms. The Labute approximate surface area is 161 Å². The van der Waals surface area contributed by atoms with E-state index in [1.54, 1.807) is 11.3 Å². The van der Waals surface area contributed by atoms with Crippen LogP contribution in [0.25, 0.3) is 10.9 Å². The van der Waals surface area contributed by atoms with E-state index in [2.05, 4.69) is 88.9 Å². The van der Waals surface area contributed by atoms with Crippen LogP contribution >= 0.6 is 11.3 Å². The first kappa shape index (κ1) is 16.2. The summed E-state index contributed by atoms with van der Waals surface area (Å²) in [6, 6.07) is 14.8. The number of rotatable bonds is 3. The summed E-state index contributed by atoms with van der Waals surface area (Å²) in [4.78, 5) is 7.87. The van der Waals surface area contributed by atoms with Crippen molar-refractivity contribution in [3.8, 4) is 0 Å². The standard InChI is InChI=1S/C21H19N5S/c1-14-5-8-21(27-14)25-11-9-19-20(13-25)26(24-23-19)15(2)16-6-7-18-17(12-16)4-3-10-22-18/h3-13,15,19H,1-2H3/t15-,19?/m1/s1. The van der Waals surface area contributed by atoms with Crippen molar-refractivity contribution < 1.29 is 0 Å². The molecule has 0 saturated carbocycles. The van der Waals surface area contributed by atoms with Crippen LogP contribution in [0.4, 0.5) is 5.00 Å². The second-order valence-electron chi connectivity index (χ2n) is 6.81. The predicted octanol–water partition coefficient (Wildman–Crippen LogP) is 5.59. The van der Waals surface area contributed by atoms with Crippen molar-refractivity contribution in [2.75, 3.05) is 4.90 Å². The normalized spacial score (nSPS) is 19.5. The van der Waals surface area contributed by atoms with Gasteiger partial charge in [0.15, 0.2) is 0 Å². The van der Waals surface area contributed by atoms with Crippen molar-refractivity contribution >= 4 is 27.2 Å². The average Bonchev–Trinajstić information content (AvgIpc) is 3.32. The molecule has 0 N–H and O–H groups in total. The molecule has 2 aliphatic heterocycles. The van der Waals surface area contributed by atoms with Gasteiger partial charge in [-0.1, -0.05) is 17.4 Å². The van der Waals surface area contributed by atoms with Crippen LogP contribution in [-0.4, -0.2) is 16.0 Å². The molecule has 5 nitrogen and oxygen atoms in total. The van der Waals surface area contributed by atoms with Gasteiger partial charge in [-0.05, 0) is 55.8 Å². The molecular weight excluding hydrogens is 354 g/mol. The van der Waals surface area contributed by atoms with Crippen LogP contribution in [0.1, 0.15) is 23.4 Å². The van der Waals surface area contributed by atoms with Crippen LogP contribution in [0, 0.1) is 6.92 Å². The van der Waals surface area contributed by atoms with Crippen LogP contribution in [0.3, 0.4) is 0 Å². The van der Waals surface area contributed by atoms with E-state index in [9.17, 15) is 0 Å². The van der Waals surface area contributed by atoms with E-state index in [4.69, 9.17) is 0 Å². The van der Waals surface area contributed by atoms with Gasteiger partial charge < -0.3 is 4.90 Å². The fraction of sp³-hybridized carbons (Fsp3) is 0.190.